The van der Waals surface area contributed by atoms with Gasteiger partial charge in [-0.3, -0.25) is 4.90 Å². The van der Waals surface area contributed by atoms with Gasteiger partial charge in [-0.2, -0.15) is 0 Å². The van der Waals surface area contributed by atoms with Crippen molar-refractivity contribution in [3.63, 3.8) is 0 Å². The normalized spacial score (nSPS) is 43.5. The molecule has 0 spiro atoms. The van der Waals surface area contributed by atoms with Gasteiger partial charge in [-0.1, -0.05) is 20.3 Å². The number of nitrogens with one attached hydrogen (secondary N) is 1. The fourth-order valence-corrected chi connectivity index (χ4v) is 7.43. The Hall–Kier alpha value is -1.68. The number of H-pyrrole nitrogens is 1. The highest BCUT2D eigenvalue weighted by Crippen LogP contribution is 2.53. The van der Waals surface area contributed by atoms with Gasteiger partial charge in [0.1, 0.15) is 30.2 Å². The van der Waals surface area contributed by atoms with Crippen LogP contribution in [0.5, 0.6) is 5.75 Å². The molecule has 1 aromatic heterocycles. The van der Waals surface area contributed by atoms with Gasteiger partial charge in [0.05, 0.1) is 6.61 Å². The van der Waals surface area contributed by atoms with Crippen LogP contribution in [0.4, 0.5) is 0 Å². The SMILES string of the molecule is CCC1C(C)C2CC3c4[nH]c5ccc(OC6OC(CO)C(O)C(O)C6O)cc5c4CCN(C2)C31. The highest BCUT2D eigenvalue weighted by atomic mass is 16.7. The van der Waals surface area contributed by atoms with Crippen molar-refractivity contribution in [1.29, 1.82) is 0 Å². The summed E-state index contributed by atoms with van der Waals surface area (Å²) in [5.41, 5.74) is 3.82. The van der Waals surface area contributed by atoms with Crippen molar-refractivity contribution >= 4 is 10.9 Å². The summed E-state index contributed by atoms with van der Waals surface area (Å²) < 4.78 is 11.5. The number of piperidine rings is 2. The van der Waals surface area contributed by atoms with Gasteiger partial charge < -0.3 is 34.9 Å². The molecule has 5 aliphatic rings. The molecule has 4 fully saturated rings. The van der Waals surface area contributed by atoms with E-state index in [4.69, 9.17) is 9.47 Å². The number of hydrogen-bond acceptors (Lipinski definition) is 7. The van der Waals surface area contributed by atoms with Crippen LogP contribution >= 0.6 is 0 Å². The summed E-state index contributed by atoms with van der Waals surface area (Å²) in [6.45, 7) is 6.59. The van der Waals surface area contributed by atoms with Crippen molar-refractivity contribution in [2.45, 2.75) is 75.8 Å². The van der Waals surface area contributed by atoms with Crippen LogP contribution in [0.25, 0.3) is 10.9 Å². The molecule has 1 aliphatic carbocycles. The van der Waals surface area contributed by atoms with Gasteiger partial charge in [0, 0.05) is 41.6 Å². The van der Waals surface area contributed by atoms with Crippen LogP contribution < -0.4 is 4.74 Å². The van der Waals surface area contributed by atoms with Crippen LogP contribution in [0.1, 0.15) is 43.9 Å². The third kappa shape index (κ3) is 3.34. The molecule has 11 atom stereocenters. The summed E-state index contributed by atoms with van der Waals surface area (Å²) in [6, 6.07) is 6.41. The average molecular weight is 473 g/mol. The van der Waals surface area contributed by atoms with Crippen LogP contribution in [-0.4, -0.2) is 86.8 Å². The van der Waals surface area contributed by atoms with Crippen molar-refractivity contribution < 1.29 is 29.9 Å². The number of aliphatic hydroxyl groups excluding tert-OH is 4. The lowest BCUT2D eigenvalue weighted by Gasteiger charge is -2.56. The Bertz CT molecular complexity index is 1060. The highest BCUT2D eigenvalue weighted by molar-refractivity contribution is 5.86. The fraction of sp³-hybridized carbons (Fsp3) is 0.692. The first-order valence-corrected chi connectivity index (χ1v) is 12.8. The molecule has 4 aliphatic heterocycles. The minimum absolute atomic E-state index is 0.480. The maximum Gasteiger partial charge on any atom is 0.229 e. The van der Waals surface area contributed by atoms with Crippen LogP contribution in [0.15, 0.2) is 18.2 Å². The summed E-state index contributed by atoms with van der Waals surface area (Å²) in [5, 5.41) is 41.1. The number of fused-ring (bicyclic) bond motifs is 4. The second-order valence-corrected chi connectivity index (χ2v) is 10.8. The third-order valence-electron chi connectivity index (χ3n) is 9.22. The second-order valence-electron chi connectivity index (χ2n) is 10.8. The van der Waals surface area contributed by atoms with E-state index in [1.54, 1.807) is 0 Å². The third-order valence-corrected chi connectivity index (χ3v) is 9.22. The van der Waals surface area contributed by atoms with Crippen LogP contribution in [0.2, 0.25) is 0 Å². The van der Waals surface area contributed by atoms with Gasteiger partial charge in [0.25, 0.3) is 0 Å². The zero-order chi connectivity index (χ0) is 23.7. The molecule has 1 saturated carbocycles. The Balaban J connectivity index is 1.32. The zero-order valence-corrected chi connectivity index (χ0v) is 19.8. The first-order chi connectivity index (χ1) is 16.4. The largest absolute Gasteiger partial charge is 0.462 e. The Morgan fingerprint density at radius 3 is 2.76 bits per heavy atom. The zero-order valence-electron chi connectivity index (χ0n) is 19.8. The van der Waals surface area contributed by atoms with Crippen LogP contribution in [0.3, 0.4) is 0 Å². The van der Waals surface area contributed by atoms with Crippen LogP contribution in [-0.2, 0) is 11.2 Å². The summed E-state index contributed by atoms with van der Waals surface area (Å²) in [5.74, 6) is 3.32. The summed E-state index contributed by atoms with van der Waals surface area (Å²) in [6.07, 6.45) is -3.00. The van der Waals surface area contributed by atoms with Gasteiger partial charge >= 0.3 is 0 Å². The van der Waals surface area contributed by atoms with Gasteiger partial charge in [-0.15, -0.1) is 0 Å². The standard InChI is InChI=1S/C26H36N2O6/c1-3-15-12(2)13-8-18-21-16(6-7-28(10-13)22(15)18)17-9-14(4-5-19(17)27-21)33-26-25(32)24(31)23(30)20(11-29)34-26/h4-5,9,12-13,15,18,20,22-27,29-32H,3,6-8,10-11H2,1-2H3. The predicted molar refractivity (Wildman–Crippen MR) is 126 cm³/mol. The topological polar surface area (TPSA) is 118 Å². The van der Waals surface area contributed by atoms with E-state index in [-0.39, 0.29) is 0 Å². The fourth-order valence-electron chi connectivity index (χ4n) is 7.43. The quantitative estimate of drug-likeness (QED) is 0.456. The molecule has 11 unspecified atom stereocenters. The molecule has 8 heteroatoms. The molecule has 5 N–H and O–H groups in total. The number of ether oxygens (including phenoxy) is 2. The number of aromatic nitrogens is 1. The van der Waals surface area contributed by atoms with Crippen molar-refractivity contribution in [2.75, 3.05) is 19.7 Å². The number of hydrogen-bond donors (Lipinski definition) is 5. The van der Waals surface area contributed by atoms with Crippen molar-refractivity contribution in [3.8, 4) is 5.75 Å². The highest BCUT2D eigenvalue weighted by Gasteiger charge is 2.52. The van der Waals surface area contributed by atoms with E-state index < -0.39 is 37.3 Å². The number of benzene rings is 1. The lowest BCUT2D eigenvalue weighted by Crippen LogP contribution is -2.60. The Morgan fingerprint density at radius 2 is 2.00 bits per heavy atom. The van der Waals surface area contributed by atoms with E-state index in [0.717, 1.165) is 41.6 Å². The number of aromatic amines is 1. The van der Waals surface area contributed by atoms with E-state index in [1.807, 2.05) is 18.2 Å². The molecule has 2 aromatic rings. The molecule has 5 heterocycles. The summed E-state index contributed by atoms with van der Waals surface area (Å²) >= 11 is 0. The van der Waals surface area contributed by atoms with E-state index >= 15 is 0 Å². The molecule has 3 saturated heterocycles. The minimum atomic E-state index is -1.46. The molecule has 186 valence electrons. The summed E-state index contributed by atoms with van der Waals surface area (Å²) in [7, 11) is 0. The van der Waals surface area contributed by atoms with E-state index in [9.17, 15) is 20.4 Å². The number of rotatable bonds is 4. The van der Waals surface area contributed by atoms with Crippen molar-refractivity contribution in [3.05, 3.63) is 29.5 Å². The van der Waals surface area contributed by atoms with E-state index in [2.05, 4.69) is 23.7 Å². The lowest BCUT2D eigenvalue weighted by atomic mass is 9.60. The molecule has 0 radical (unpaired) electrons. The van der Waals surface area contributed by atoms with Crippen molar-refractivity contribution in [2.24, 2.45) is 17.8 Å². The van der Waals surface area contributed by atoms with Gasteiger partial charge in [0.2, 0.25) is 6.29 Å². The smallest absolute Gasteiger partial charge is 0.229 e. The lowest BCUT2D eigenvalue weighted by molar-refractivity contribution is -0.277. The molecule has 0 amide bonds. The van der Waals surface area contributed by atoms with E-state index in [0.29, 0.717) is 17.7 Å². The first-order valence-electron chi connectivity index (χ1n) is 12.8. The molecule has 1 aromatic carbocycles. The predicted octanol–water partition coefficient (Wildman–Crippen LogP) is 1.35. The summed E-state index contributed by atoms with van der Waals surface area (Å²) in [4.78, 5) is 6.49. The maximum atomic E-state index is 10.4. The molecular weight excluding hydrogens is 436 g/mol. The second kappa shape index (κ2) is 8.47. The average Bonchev–Trinajstić information content (AvgIpc) is 3.16. The Labute approximate surface area is 199 Å². The monoisotopic (exact) mass is 472 g/mol. The van der Waals surface area contributed by atoms with E-state index in [1.165, 1.54) is 30.6 Å². The maximum absolute atomic E-state index is 10.4. The minimum Gasteiger partial charge on any atom is -0.462 e. The molecular formula is C26H36N2O6. The Morgan fingerprint density at radius 1 is 1.18 bits per heavy atom. The molecule has 7 rings (SSSR count). The van der Waals surface area contributed by atoms with Crippen molar-refractivity contribution in [1.82, 2.24) is 9.88 Å². The molecule has 8 nitrogen and oxygen atoms in total. The first kappa shape index (κ1) is 22.8. The van der Waals surface area contributed by atoms with Crippen LogP contribution in [0, 0.1) is 17.8 Å². The molecule has 4 bridgehead atoms. The van der Waals surface area contributed by atoms with Gasteiger partial charge in [0.15, 0.2) is 0 Å². The number of nitrogens with zero attached hydrogens (tertiary/aromatic N) is 1. The van der Waals surface area contributed by atoms with Gasteiger partial charge in [-0.25, -0.2) is 0 Å². The Kier molecular flexibility index (Phi) is 5.67. The van der Waals surface area contributed by atoms with Gasteiger partial charge in [-0.05, 0) is 54.4 Å². The molecule has 34 heavy (non-hydrogen) atoms. The number of aliphatic hydroxyl groups is 4.